The Labute approximate surface area is 152 Å². The number of hydrogen-bond acceptors (Lipinski definition) is 4. The molecule has 1 amide bonds. The van der Waals surface area contributed by atoms with E-state index in [2.05, 4.69) is 27.3 Å². The van der Waals surface area contributed by atoms with Crippen molar-refractivity contribution >= 4 is 11.7 Å². The van der Waals surface area contributed by atoms with Crippen LogP contribution < -0.4 is 5.32 Å². The lowest BCUT2D eigenvalue weighted by Crippen LogP contribution is -2.24. The van der Waals surface area contributed by atoms with Gasteiger partial charge in [0.25, 0.3) is 5.91 Å². The van der Waals surface area contributed by atoms with E-state index in [0.29, 0.717) is 24.0 Å². The van der Waals surface area contributed by atoms with E-state index in [0.717, 1.165) is 37.3 Å². The summed E-state index contributed by atoms with van der Waals surface area (Å²) in [5.41, 5.74) is 1.63. The molecule has 1 atom stereocenters. The number of carbonyl (C=O) groups is 1. The second-order valence-electron chi connectivity index (χ2n) is 6.80. The molecule has 1 unspecified atom stereocenters. The van der Waals surface area contributed by atoms with Crippen molar-refractivity contribution in [1.82, 2.24) is 24.3 Å². The van der Waals surface area contributed by atoms with Gasteiger partial charge in [-0.15, -0.1) is 0 Å². The molecule has 3 aromatic rings. The molecule has 0 saturated carbocycles. The van der Waals surface area contributed by atoms with E-state index in [1.54, 1.807) is 12.4 Å². The van der Waals surface area contributed by atoms with Gasteiger partial charge in [-0.2, -0.15) is 5.10 Å². The van der Waals surface area contributed by atoms with Crippen LogP contribution in [0.4, 0.5) is 5.82 Å². The molecule has 4 heterocycles. The summed E-state index contributed by atoms with van der Waals surface area (Å²) in [5.74, 6) is 1.95. The van der Waals surface area contributed by atoms with Crippen molar-refractivity contribution in [3.8, 4) is 0 Å². The number of aryl methyl sites for hydroxylation is 3. The molecule has 1 N–H and O–H groups in total. The van der Waals surface area contributed by atoms with Crippen molar-refractivity contribution in [1.29, 1.82) is 0 Å². The van der Waals surface area contributed by atoms with Crippen LogP contribution in [0.15, 0.2) is 42.9 Å². The van der Waals surface area contributed by atoms with Crippen LogP contribution in [0.5, 0.6) is 0 Å². The van der Waals surface area contributed by atoms with Crippen molar-refractivity contribution in [2.45, 2.75) is 39.3 Å². The smallest absolute Gasteiger partial charge is 0.275 e. The second-order valence-corrected chi connectivity index (χ2v) is 6.80. The fraction of sp³-hybridized carbons (Fsp3) is 0.368. The van der Waals surface area contributed by atoms with Crippen LogP contribution in [0.1, 0.15) is 35.4 Å². The fourth-order valence-corrected chi connectivity index (χ4v) is 3.29. The van der Waals surface area contributed by atoms with Gasteiger partial charge in [0, 0.05) is 50.1 Å². The number of rotatable bonds is 5. The Morgan fingerprint density at radius 2 is 2.23 bits per heavy atom. The molecule has 1 aliphatic rings. The lowest BCUT2D eigenvalue weighted by atomic mass is 10.0. The van der Waals surface area contributed by atoms with Crippen LogP contribution in [0.25, 0.3) is 0 Å². The van der Waals surface area contributed by atoms with Gasteiger partial charge in [0.2, 0.25) is 0 Å². The molecular weight excluding hydrogens is 328 g/mol. The highest BCUT2D eigenvalue weighted by atomic mass is 16.2. The number of amides is 1. The molecule has 0 aliphatic carbocycles. The Bertz CT molecular complexity index is 898. The van der Waals surface area contributed by atoms with E-state index in [1.165, 1.54) is 0 Å². The van der Waals surface area contributed by atoms with Crippen LogP contribution in [0.2, 0.25) is 0 Å². The molecule has 4 rings (SSSR count). The number of hydrogen-bond donors (Lipinski definition) is 1. The van der Waals surface area contributed by atoms with Crippen LogP contribution >= 0.6 is 0 Å². The van der Waals surface area contributed by atoms with E-state index < -0.39 is 0 Å². The molecule has 26 heavy (non-hydrogen) atoms. The van der Waals surface area contributed by atoms with Gasteiger partial charge in [-0.25, -0.2) is 4.98 Å². The van der Waals surface area contributed by atoms with Crippen LogP contribution in [0, 0.1) is 5.92 Å². The van der Waals surface area contributed by atoms with Crippen molar-refractivity contribution in [3.05, 3.63) is 60.1 Å². The first-order valence-electron chi connectivity index (χ1n) is 8.98. The summed E-state index contributed by atoms with van der Waals surface area (Å²) < 4.78 is 3.85. The number of carbonyl (C=O) groups excluding carboxylic acids is 1. The third-order valence-corrected chi connectivity index (χ3v) is 4.73. The zero-order chi connectivity index (χ0) is 17.9. The summed E-state index contributed by atoms with van der Waals surface area (Å²) in [6, 6.07) is 7.69. The molecular formula is C19H22N6O. The minimum atomic E-state index is -0.159. The van der Waals surface area contributed by atoms with Gasteiger partial charge in [-0.1, -0.05) is 13.0 Å². The number of anilines is 1. The molecule has 7 heteroatoms. The fourth-order valence-electron chi connectivity index (χ4n) is 3.29. The van der Waals surface area contributed by atoms with E-state index in [4.69, 9.17) is 0 Å². The van der Waals surface area contributed by atoms with Gasteiger partial charge < -0.3 is 9.88 Å². The maximum absolute atomic E-state index is 12.6. The van der Waals surface area contributed by atoms with Crippen molar-refractivity contribution in [3.63, 3.8) is 0 Å². The number of nitrogens with one attached hydrogen (secondary N) is 1. The van der Waals surface area contributed by atoms with Gasteiger partial charge in [-0.05, 0) is 24.5 Å². The number of aromatic nitrogens is 5. The highest BCUT2D eigenvalue weighted by Gasteiger charge is 2.22. The third-order valence-electron chi connectivity index (χ3n) is 4.73. The Morgan fingerprint density at radius 3 is 3.08 bits per heavy atom. The second kappa shape index (κ2) is 7.11. The first-order valence-corrected chi connectivity index (χ1v) is 8.98. The Balaban J connectivity index is 1.40. The van der Waals surface area contributed by atoms with E-state index >= 15 is 0 Å². The number of nitrogens with zero attached hydrogens (tertiary/aromatic N) is 5. The summed E-state index contributed by atoms with van der Waals surface area (Å²) in [5, 5.41) is 7.31. The summed E-state index contributed by atoms with van der Waals surface area (Å²) in [6.07, 6.45) is 8.17. The Kier molecular flexibility index (Phi) is 4.51. The Morgan fingerprint density at radius 1 is 1.31 bits per heavy atom. The predicted molar refractivity (Wildman–Crippen MR) is 97.8 cm³/mol. The normalized spacial score (nSPS) is 16.3. The van der Waals surface area contributed by atoms with Crippen molar-refractivity contribution in [2.75, 3.05) is 5.32 Å². The summed E-state index contributed by atoms with van der Waals surface area (Å²) in [7, 11) is 0. The van der Waals surface area contributed by atoms with E-state index in [-0.39, 0.29) is 5.91 Å². The molecule has 0 aromatic carbocycles. The Hall–Kier alpha value is -2.96. The predicted octanol–water partition coefficient (Wildman–Crippen LogP) is 2.55. The molecule has 0 spiro atoms. The maximum Gasteiger partial charge on any atom is 0.275 e. The monoisotopic (exact) mass is 350 g/mol. The average molecular weight is 350 g/mol. The van der Waals surface area contributed by atoms with Gasteiger partial charge in [-0.3, -0.25) is 14.5 Å². The first-order chi connectivity index (χ1) is 12.7. The standard InChI is InChI=1S/C19H22N6O/c1-14-5-6-18-21-12-16(25(18)13-14)19(26)22-17-8-11-24(23-17)10-7-15-4-2-3-9-20-15/h2-4,8-9,11-12,14H,5-7,10,13H2,1H3,(H,22,23,26). The highest BCUT2D eigenvalue weighted by Crippen LogP contribution is 2.21. The molecule has 134 valence electrons. The largest absolute Gasteiger partial charge is 0.324 e. The average Bonchev–Trinajstić information content (AvgIpc) is 3.27. The van der Waals surface area contributed by atoms with Crippen LogP contribution in [-0.2, 0) is 25.9 Å². The minimum absolute atomic E-state index is 0.159. The quantitative estimate of drug-likeness (QED) is 0.767. The summed E-state index contributed by atoms with van der Waals surface area (Å²) >= 11 is 0. The molecule has 3 aromatic heterocycles. The highest BCUT2D eigenvalue weighted by molar-refractivity contribution is 6.02. The zero-order valence-corrected chi connectivity index (χ0v) is 14.8. The first kappa shape index (κ1) is 16.5. The number of pyridine rings is 1. The third kappa shape index (κ3) is 3.51. The summed E-state index contributed by atoms with van der Waals surface area (Å²) in [6.45, 7) is 3.76. The van der Waals surface area contributed by atoms with Crippen molar-refractivity contribution in [2.24, 2.45) is 5.92 Å². The topological polar surface area (TPSA) is 77.6 Å². The number of fused-ring (bicyclic) bond motifs is 1. The molecule has 0 fully saturated rings. The molecule has 7 nitrogen and oxygen atoms in total. The molecule has 0 bridgehead atoms. The van der Waals surface area contributed by atoms with E-state index in [1.807, 2.05) is 39.7 Å². The zero-order valence-electron chi connectivity index (χ0n) is 14.8. The van der Waals surface area contributed by atoms with Crippen LogP contribution in [-0.4, -0.2) is 30.2 Å². The summed E-state index contributed by atoms with van der Waals surface area (Å²) in [4.78, 5) is 21.3. The van der Waals surface area contributed by atoms with Gasteiger partial charge in [0.1, 0.15) is 11.5 Å². The minimum Gasteiger partial charge on any atom is -0.324 e. The maximum atomic E-state index is 12.6. The SMILES string of the molecule is CC1CCc2ncc(C(=O)Nc3ccn(CCc4ccccn4)n3)n2C1. The van der Waals surface area contributed by atoms with E-state index in [9.17, 15) is 4.79 Å². The number of imidazole rings is 1. The molecule has 0 saturated heterocycles. The van der Waals surface area contributed by atoms with Gasteiger partial charge in [0.15, 0.2) is 5.82 Å². The van der Waals surface area contributed by atoms with Gasteiger partial charge in [0.05, 0.1) is 6.20 Å². The lowest BCUT2D eigenvalue weighted by Gasteiger charge is -2.21. The molecule has 0 radical (unpaired) electrons. The van der Waals surface area contributed by atoms with Crippen molar-refractivity contribution < 1.29 is 4.79 Å². The molecule has 1 aliphatic heterocycles. The van der Waals surface area contributed by atoms with Crippen LogP contribution in [0.3, 0.4) is 0 Å². The van der Waals surface area contributed by atoms with Gasteiger partial charge >= 0.3 is 0 Å². The lowest BCUT2D eigenvalue weighted by molar-refractivity contribution is 0.101.